The molecule has 3 nitrogen and oxygen atoms in total. The van der Waals surface area contributed by atoms with Crippen molar-refractivity contribution in [3.05, 3.63) is 58.0 Å². The van der Waals surface area contributed by atoms with Crippen molar-refractivity contribution < 1.29 is 9.21 Å². The van der Waals surface area contributed by atoms with Gasteiger partial charge in [-0.2, -0.15) is 0 Å². The van der Waals surface area contributed by atoms with Gasteiger partial charge in [-0.05, 0) is 46.0 Å². The van der Waals surface area contributed by atoms with Gasteiger partial charge in [0.1, 0.15) is 0 Å². The van der Waals surface area contributed by atoms with Gasteiger partial charge in [0.05, 0.1) is 17.9 Å². The molecule has 1 heterocycles. The molecule has 0 saturated heterocycles. The van der Waals surface area contributed by atoms with E-state index < -0.39 is 0 Å². The molecule has 98 valence electrons. The Bertz CT molecular complexity index is 620. The van der Waals surface area contributed by atoms with Crippen molar-refractivity contribution in [3.63, 3.8) is 0 Å². The minimum absolute atomic E-state index is 0.0117. The zero-order chi connectivity index (χ0) is 13.4. The highest BCUT2D eigenvalue weighted by Crippen LogP contribution is 2.36. The summed E-state index contributed by atoms with van der Waals surface area (Å²) in [5.74, 6) is -0.0117. The molecule has 4 heteroatoms. The van der Waals surface area contributed by atoms with E-state index in [0.717, 1.165) is 12.8 Å². The second-order valence-electron chi connectivity index (χ2n) is 4.78. The predicted molar refractivity (Wildman–Crippen MR) is 76.0 cm³/mol. The fourth-order valence-corrected chi connectivity index (χ4v) is 3.12. The van der Waals surface area contributed by atoms with Gasteiger partial charge in [0, 0.05) is 7.05 Å². The van der Waals surface area contributed by atoms with Crippen LogP contribution in [0, 0.1) is 0 Å². The summed E-state index contributed by atoms with van der Waals surface area (Å²) in [7, 11) is 1.86. The second kappa shape index (κ2) is 4.85. The van der Waals surface area contributed by atoms with Crippen LogP contribution in [0.4, 0.5) is 0 Å². The molecule has 1 atom stereocenters. The molecule has 1 unspecified atom stereocenters. The van der Waals surface area contributed by atoms with Gasteiger partial charge in [0.15, 0.2) is 4.67 Å². The molecule has 3 rings (SSSR count). The molecule has 1 amide bonds. The molecule has 1 aliphatic carbocycles. The van der Waals surface area contributed by atoms with Gasteiger partial charge in [0.2, 0.25) is 0 Å². The van der Waals surface area contributed by atoms with Crippen molar-refractivity contribution in [3.8, 4) is 0 Å². The summed E-state index contributed by atoms with van der Waals surface area (Å²) in [6.07, 6.45) is 3.54. The van der Waals surface area contributed by atoms with E-state index in [9.17, 15) is 4.79 Å². The van der Waals surface area contributed by atoms with E-state index >= 15 is 0 Å². The Labute approximate surface area is 120 Å². The Morgan fingerprint density at radius 3 is 2.89 bits per heavy atom. The molecule has 19 heavy (non-hydrogen) atoms. The Balaban J connectivity index is 1.88. The first-order chi connectivity index (χ1) is 9.18. The normalized spacial score (nSPS) is 17.3. The molecule has 0 N–H and O–H groups in total. The van der Waals surface area contributed by atoms with E-state index in [-0.39, 0.29) is 11.9 Å². The zero-order valence-electron chi connectivity index (χ0n) is 10.6. The molecule has 0 spiro atoms. The fraction of sp³-hybridized carbons (Fsp3) is 0.267. The van der Waals surface area contributed by atoms with E-state index in [4.69, 9.17) is 4.42 Å². The summed E-state index contributed by atoms with van der Waals surface area (Å²) in [6, 6.07) is 10.2. The number of hydrogen-bond acceptors (Lipinski definition) is 2. The van der Waals surface area contributed by atoms with E-state index in [2.05, 4.69) is 34.1 Å². The van der Waals surface area contributed by atoms with E-state index in [1.54, 1.807) is 11.0 Å². The lowest BCUT2D eigenvalue weighted by Gasteiger charge is -2.25. The molecule has 1 aromatic carbocycles. The first-order valence-electron chi connectivity index (χ1n) is 6.26. The molecule has 0 radical (unpaired) electrons. The maximum Gasteiger partial charge on any atom is 0.258 e. The van der Waals surface area contributed by atoms with Crippen LogP contribution >= 0.6 is 15.9 Å². The topological polar surface area (TPSA) is 33.5 Å². The average Bonchev–Trinajstić information content (AvgIpc) is 3.03. The van der Waals surface area contributed by atoms with Crippen LogP contribution in [-0.2, 0) is 6.42 Å². The van der Waals surface area contributed by atoms with Crippen molar-refractivity contribution in [1.82, 2.24) is 4.90 Å². The number of carbonyl (C=O) groups is 1. The van der Waals surface area contributed by atoms with Gasteiger partial charge >= 0.3 is 0 Å². The average molecular weight is 320 g/mol. The van der Waals surface area contributed by atoms with Gasteiger partial charge < -0.3 is 9.32 Å². The number of furan rings is 1. The largest absolute Gasteiger partial charge is 0.457 e. The molecular formula is C15H14BrNO2. The molecular weight excluding hydrogens is 306 g/mol. The predicted octanol–water partition coefficient (Wildman–Crippen LogP) is 3.80. The number of benzene rings is 1. The number of hydrogen-bond donors (Lipinski definition) is 0. The van der Waals surface area contributed by atoms with Crippen LogP contribution in [0.2, 0.25) is 0 Å². The van der Waals surface area contributed by atoms with E-state index in [1.165, 1.54) is 17.4 Å². The number of carbonyl (C=O) groups excluding carboxylic acids is 1. The van der Waals surface area contributed by atoms with Crippen molar-refractivity contribution >= 4 is 21.8 Å². The summed E-state index contributed by atoms with van der Waals surface area (Å²) >= 11 is 3.26. The first kappa shape index (κ1) is 12.5. The zero-order valence-corrected chi connectivity index (χ0v) is 12.2. The lowest BCUT2D eigenvalue weighted by atomic mass is 10.1. The first-order valence-corrected chi connectivity index (χ1v) is 7.05. The van der Waals surface area contributed by atoms with Crippen LogP contribution in [0.15, 0.2) is 45.7 Å². The van der Waals surface area contributed by atoms with Crippen molar-refractivity contribution in [2.24, 2.45) is 0 Å². The monoisotopic (exact) mass is 319 g/mol. The number of nitrogens with zero attached hydrogens (tertiary/aromatic N) is 1. The standard InChI is InChI=1S/C15H14BrNO2/c1-17(15(18)12-8-9-19-14(12)16)13-7-6-10-4-2-3-5-11(10)13/h2-5,8-9,13H,6-7H2,1H3. The SMILES string of the molecule is CN(C(=O)c1ccoc1Br)C1CCc2ccccc21. The van der Waals surface area contributed by atoms with Gasteiger partial charge in [-0.15, -0.1) is 0 Å². The van der Waals surface area contributed by atoms with Gasteiger partial charge in [-0.25, -0.2) is 0 Å². The third kappa shape index (κ3) is 2.10. The Morgan fingerprint density at radius 2 is 2.16 bits per heavy atom. The maximum atomic E-state index is 12.5. The molecule has 1 aliphatic rings. The smallest absolute Gasteiger partial charge is 0.258 e. The number of aryl methyl sites for hydroxylation is 1. The summed E-state index contributed by atoms with van der Waals surface area (Å²) in [6.45, 7) is 0. The highest BCUT2D eigenvalue weighted by atomic mass is 79.9. The molecule has 1 aromatic heterocycles. The summed E-state index contributed by atoms with van der Waals surface area (Å²) in [5.41, 5.74) is 3.18. The van der Waals surface area contributed by atoms with Gasteiger partial charge in [-0.1, -0.05) is 24.3 Å². The lowest BCUT2D eigenvalue weighted by molar-refractivity contribution is 0.0728. The van der Waals surface area contributed by atoms with Crippen LogP contribution in [-0.4, -0.2) is 17.9 Å². The number of halogens is 1. The molecule has 0 bridgehead atoms. The highest BCUT2D eigenvalue weighted by molar-refractivity contribution is 9.10. The summed E-state index contributed by atoms with van der Waals surface area (Å²) in [4.78, 5) is 14.3. The second-order valence-corrected chi connectivity index (χ2v) is 5.50. The van der Waals surface area contributed by atoms with Crippen molar-refractivity contribution in [2.45, 2.75) is 18.9 Å². The van der Waals surface area contributed by atoms with Crippen LogP contribution in [0.3, 0.4) is 0 Å². The van der Waals surface area contributed by atoms with E-state index in [1.807, 2.05) is 13.1 Å². The minimum atomic E-state index is -0.0117. The molecule has 0 saturated carbocycles. The Morgan fingerprint density at radius 1 is 1.37 bits per heavy atom. The van der Waals surface area contributed by atoms with Crippen molar-refractivity contribution in [1.29, 1.82) is 0 Å². The third-order valence-corrected chi connectivity index (χ3v) is 4.35. The Hall–Kier alpha value is -1.55. The highest BCUT2D eigenvalue weighted by Gasteiger charge is 2.29. The van der Waals surface area contributed by atoms with Crippen LogP contribution in [0.5, 0.6) is 0 Å². The van der Waals surface area contributed by atoms with Crippen molar-refractivity contribution in [2.75, 3.05) is 7.05 Å². The summed E-state index contributed by atoms with van der Waals surface area (Å²) < 4.78 is 5.63. The third-order valence-electron chi connectivity index (χ3n) is 3.74. The molecule has 0 fully saturated rings. The van der Waals surface area contributed by atoms with Gasteiger partial charge in [0.25, 0.3) is 5.91 Å². The number of fused-ring (bicyclic) bond motifs is 1. The fourth-order valence-electron chi connectivity index (χ4n) is 2.71. The van der Waals surface area contributed by atoms with Crippen LogP contribution in [0.1, 0.15) is 33.9 Å². The van der Waals surface area contributed by atoms with E-state index in [0.29, 0.717) is 10.2 Å². The lowest BCUT2D eigenvalue weighted by Crippen LogP contribution is -2.30. The van der Waals surface area contributed by atoms with Crippen LogP contribution in [0.25, 0.3) is 0 Å². The maximum absolute atomic E-state index is 12.5. The number of amides is 1. The molecule has 2 aromatic rings. The Kier molecular flexibility index (Phi) is 3.19. The quantitative estimate of drug-likeness (QED) is 0.843. The molecule has 0 aliphatic heterocycles. The van der Waals surface area contributed by atoms with Crippen LogP contribution < -0.4 is 0 Å². The number of rotatable bonds is 2. The van der Waals surface area contributed by atoms with Gasteiger partial charge in [-0.3, -0.25) is 4.79 Å². The minimum Gasteiger partial charge on any atom is -0.457 e. The summed E-state index contributed by atoms with van der Waals surface area (Å²) in [5, 5.41) is 0.